The number of hydrogen-bond donors (Lipinski definition) is 1. The van der Waals surface area contributed by atoms with Gasteiger partial charge in [0.05, 0.1) is 0 Å². The number of carbonyl (C=O) groups excluding carboxylic acids is 1. The van der Waals surface area contributed by atoms with Crippen molar-refractivity contribution < 1.29 is 19.1 Å². The lowest BCUT2D eigenvalue weighted by molar-refractivity contribution is -0.131. The summed E-state index contributed by atoms with van der Waals surface area (Å²) in [6.45, 7) is 0. The molecule has 2 rings (SSSR count). The van der Waals surface area contributed by atoms with Crippen LogP contribution in [-0.4, -0.2) is 21.8 Å². The summed E-state index contributed by atoms with van der Waals surface area (Å²) in [6, 6.07) is 7.51. The number of rotatable bonds is 5. The van der Waals surface area contributed by atoms with E-state index in [1.54, 1.807) is 24.4 Å². The van der Waals surface area contributed by atoms with Crippen molar-refractivity contribution in [2.24, 2.45) is 0 Å². The van der Waals surface area contributed by atoms with Crippen molar-refractivity contribution in [3.05, 3.63) is 77.4 Å². The summed E-state index contributed by atoms with van der Waals surface area (Å²) in [5, 5.41) is 8.52. The third-order valence-corrected chi connectivity index (χ3v) is 2.80. The quantitative estimate of drug-likeness (QED) is 0.679. The van der Waals surface area contributed by atoms with E-state index in [-0.39, 0.29) is 11.3 Å². The van der Waals surface area contributed by atoms with Crippen LogP contribution in [0, 0.1) is 5.82 Å². The topological polar surface area (TPSA) is 67.3 Å². The third-order valence-electron chi connectivity index (χ3n) is 2.80. The largest absolute Gasteiger partial charge is 0.478 e. The number of allylic oxidation sites excluding steroid dienone is 1. The molecule has 5 heteroatoms. The van der Waals surface area contributed by atoms with Gasteiger partial charge < -0.3 is 5.11 Å². The number of aromatic nitrogens is 1. The molecule has 4 nitrogen and oxygen atoms in total. The summed E-state index contributed by atoms with van der Waals surface area (Å²) in [7, 11) is 0. The Morgan fingerprint density at radius 1 is 1.14 bits per heavy atom. The molecule has 0 aliphatic rings. The molecule has 0 aliphatic heterocycles. The van der Waals surface area contributed by atoms with Gasteiger partial charge in [-0.15, -0.1) is 0 Å². The molecular formula is C17H12FNO3. The second-order valence-corrected chi connectivity index (χ2v) is 4.39. The number of halogens is 1. The monoisotopic (exact) mass is 297 g/mol. The Balaban J connectivity index is 2.15. The Bertz CT molecular complexity index is 752. The minimum absolute atomic E-state index is 0.240. The normalized spacial score (nSPS) is 11.1. The van der Waals surface area contributed by atoms with E-state index in [2.05, 4.69) is 4.98 Å². The number of benzene rings is 1. The van der Waals surface area contributed by atoms with E-state index in [1.807, 2.05) is 0 Å². The first-order valence-corrected chi connectivity index (χ1v) is 6.39. The van der Waals surface area contributed by atoms with Gasteiger partial charge >= 0.3 is 5.97 Å². The minimum Gasteiger partial charge on any atom is -0.478 e. The highest BCUT2D eigenvalue weighted by atomic mass is 19.1. The van der Waals surface area contributed by atoms with Gasteiger partial charge in [0.15, 0.2) is 5.78 Å². The van der Waals surface area contributed by atoms with Gasteiger partial charge in [-0.25, -0.2) is 9.18 Å². The first-order valence-electron chi connectivity index (χ1n) is 6.39. The first kappa shape index (κ1) is 15.3. The van der Waals surface area contributed by atoms with Gasteiger partial charge in [0.2, 0.25) is 0 Å². The van der Waals surface area contributed by atoms with Gasteiger partial charge in [-0.05, 0) is 42.0 Å². The van der Waals surface area contributed by atoms with Gasteiger partial charge in [-0.3, -0.25) is 9.78 Å². The second-order valence-electron chi connectivity index (χ2n) is 4.39. The zero-order valence-corrected chi connectivity index (χ0v) is 11.4. The van der Waals surface area contributed by atoms with Crippen LogP contribution in [-0.2, 0) is 4.79 Å². The number of pyridine rings is 1. The fourth-order valence-corrected chi connectivity index (χ4v) is 1.72. The number of nitrogens with zero attached hydrogens (tertiary/aromatic N) is 1. The third kappa shape index (κ3) is 4.21. The molecule has 22 heavy (non-hydrogen) atoms. The van der Waals surface area contributed by atoms with E-state index in [0.717, 1.165) is 6.08 Å². The van der Waals surface area contributed by atoms with Crippen LogP contribution in [0.4, 0.5) is 4.39 Å². The smallest absolute Gasteiger partial charge is 0.328 e. The average molecular weight is 297 g/mol. The van der Waals surface area contributed by atoms with E-state index in [1.165, 1.54) is 36.6 Å². The molecule has 0 bridgehead atoms. The number of aliphatic carboxylic acids is 1. The van der Waals surface area contributed by atoms with Crippen LogP contribution in [0.5, 0.6) is 0 Å². The molecule has 0 fully saturated rings. The van der Waals surface area contributed by atoms with Gasteiger partial charge in [0.25, 0.3) is 0 Å². The van der Waals surface area contributed by atoms with Crippen molar-refractivity contribution in [2.45, 2.75) is 0 Å². The van der Waals surface area contributed by atoms with Crippen molar-refractivity contribution >= 4 is 23.9 Å². The minimum atomic E-state index is -1.11. The van der Waals surface area contributed by atoms with Crippen LogP contribution in [0.2, 0.25) is 0 Å². The van der Waals surface area contributed by atoms with Crippen LogP contribution < -0.4 is 0 Å². The van der Waals surface area contributed by atoms with E-state index >= 15 is 0 Å². The molecule has 1 heterocycles. The van der Waals surface area contributed by atoms with Crippen LogP contribution in [0.1, 0.15) is 21.5 Å². The van der Waals surface area contributed by atoms with Crippen molar-refractivity contribution in [3.63, 3.8) is 0 Å². The summed E-state index contributed by atoms with van der Waals surface area (Å²) in [5.41, 5.74) is 1.08. The Morgan fingerprint density at radius 3 is 2.59 bits per heavy atom. The van der Waals surface area contributed by atoms with Gasteiger partial charge in [-0.1, -0.05) is 12.1 Å². The maximum absolute atomic E-state index is 13.9. The maximum Gasteiger partial charge on any atom is 0.328 e. The predicted octanol–water partition coefficient (Wildman–Crippen LogP) is 3.21. The molecule has 1 N–H and O–H groups in total. The van der Waals surface area contributed by atoms with Crippen LogP contribution in [0.25, 0.3) is 12.2 Å². The Morgan fingerprint density at radius 2 is 1.95 bits per heavy atom. The lowest BCUT2D eigenvalue weighted by atomic mass is 10.1. The number of ketones is 1. The van der Waals surface area contributed by atoms with Crippen LogP contribution in [0.3, 0.4) is 0 Å². The Hall–Kier alpha value is -3.08. The number of carboxylic acid groups (broad SMARTS) is 1. The highest BCUT2D eigenvalue weighted by Crippen LogP contribution is 2.14. The zero-order valence-electron chi connectivity index (χ0n) is 11.4. The zero-order chi connectivity index (χ0) is 15.9. The maximum atomic E-state index is 13.9. The molecule has 0 unspecified atom stereocenters. The van der Waals surface area contributed by atoms with Gasteiger partial charge in [0.1, 0.15) is 5.82 Å². The van der Waals surface area contributed by atoms with E-state index in [9.17, 15) is 14.0 Å². The Kier molecular flexibility index (Phi) is 4.93. The van der Waals surface area contributed by atoms with E-state index < -0.39 is 11.8 Å². The molecule has 1 aromatic heterocycles. The summed E-state index contributed by atoms with van der Waals surface area (Å²) < 4.78 is 13.9. The van der Waals surface area contributed by atoms with Crippen molar-refractivity contribution in [2.75, 3.05) is 0 Å². The second kappa shape index (κ2) is 7.08. The molecular weight excluding hydrogens is 285 g/mol. The number of carbonyl (C=O) groups is 2. The SMILES string of the molecule is O=C(O)C=Cc1ccc(C=CC(=O)c2cccnc2)c(F)c1. The van der Waals surface area contributed by atoms with Crippen molar-refractivity contribution in [1.29, 1.82) is 0 Å². The average Bonchev–Trinajstić information content (AvgIpc) is 2.52. The lowest BCUT2D eigenvalue weighted by Crippen LogP contribution is -1.94. The molecule has 0 radical (unpaired) electrons. The highest BCUT2D eigenvalue weighted by Gasteiger charge is 2.03. The molecule has 0 amide bonds. The fraction of sp³-hybridized carbons (Fsp3) is 0. The van der Waals surface area contributed by atoms with Gasteiger partial charge in [-0.2, -0.15) is 0 Å². The van der Waals surface area contributed by atoms with E-state index in [0.29, 0.717) is 11.1 Å². The van der Waals surface area contributed by atoms with Gasteiger partial charge in [0, 0.05) is 29.6 Å². The number of hydrogen-bond acceptors (Lipinski definition) is 3. The fourth-order valence-electron chi connectivity index (χ4n) is 1.72. The molecule has 0 saturated carbocycles. The predicted molar refractivity (Wildman–Crippen MR) is 80.7 cm³/mol. The standard InChI is InChI=1S/C17H12FNO3/c18-15-10-12(4-8-17(21)22)3-5-13(15)6-7-16(20)14-2-1-9-19-11-14/h1-11H,(H,21,22). The van der Waals surface area contributed by atoms with E-state index in [4.69, 9.17) is 5.11 Å². The van der Waals surface area contributed by atoms with Crippen LogP contribution >= 0.6 is 0 Å². The first-order chi connectivity index (χ1) is 10.6. The molecule has 110 valence electrons. The molecule has 1 aromatic carbocycles. The summed E-state index contributed by atoms with van der Waals surface area (Å²) in [4.78, 5) is 26.1. The molecule has 0 atom stereocenters. The molecule has 0 aliphatic carbocycles. The highest BCUT2D eigenvalue weighted by molar-refractivity contribution is 6.06. The summed E-state index contributed by atoms with van der Waals surface area (Å²) >= 11 is 0. The summed E-state index contributed by atoms with van der Waals surface area (Å²) in [6.07, 6.45) is 7.85. The molecule has 0 spiro atoms. The van der Waals surface area contributed by atoms with Crippen molar-refractivity contribution in [3.8, 4) is 0 Å². The lowest BCUT2D eigenvalue weighted by Gasteiger charge is -1.99. The number of carboxylic acids is 1. The molecule has 2 aromatic rings. The van der Waals surface area contributed by atoms with Crippen LogP contribution in [0.15, 0.2) is 54.9 Å². The Labute approximate surface area is 126 Å². The summed E-state index contributed by atoms with van der Waals surface area (Å²) in [5.74, 6) is -1.92. The van der Waals surface area contributed by atoms with Crippen molar-refractivity contribution in [1.82, 2.24) is 4.98 Å². The molecule has 0 saturated heterocycles.